The molecule has 1 aliphatic heterocycles. The third-order valence-corrected chi connectivity index (χ3v) is 3.19. The first-order chi connectivity index (χ1) is 9.70. The van der Waals surface area contributed by atoms with Crippen LogP contribution in [-0.2, 0) is 16.1 Å². The molecule has 0 aromatic heterocycles. The summed E-state index contributed by atoms with van der Waals surface area (Å²) in [6.07, 6.45) is 0.688. The van der Waals surface area contributed by atoms with Gasteiger partial charge in [-0.2, -0.15) is 0 Å². The van der Waals surface area contributed by atoms with Gasteiger partial charge in [0.05, 0.1) is 6.54 Å². The number of benzene rings is 1. The largest absolute Gasteiger partial charge is 0.448 e. The summed E-state index contributed by atoms with van der Waals surface area (Å²) >= 11 is 0. The van der Waals surface area contributed by atoms with Gasteiger partial charge in [-0.05, 0) is 18.1 Å². The van der Waals surface area contributed by atoms with E-state index in [9.17, 15) is 9.59 Å². The number of anilines is 1. The van der Waals surface area contributed by atoms with E-state index in [1.165, 1.54) is 0 Å². The predicted octanol–water partition coefficient (Wildman–Crippen LogP) is 1.32. The number of nitrogens with zero attached hydrogens (tertiary/aromatic N) is 1. The average molecular weight is 277 g/mol. The summed E-state index contributed by atoms with van der Waals surface area (Å²) in [5.41, 5.74) is 7.27. The van der Waals surface area contributed by atoms with Crippen molar-refractivity contribution in [2.75, 3.05) is 25.0 Å². The lowest BCUT2D eigenvalue weighted by Crippen LogP contribution is -2.26. The normalized spacial score (nSPS) is 14.2. The molecular weight excluding hydrogens is 258 g/mol. The second-order valence-electron chi connectivity index (χ2n) is 4.61. The monoisotopic (exact) mass is 277 g/mol. The molecule has 108 valence electrons. The molecule has 0 saturated carbocycles. The van der Waals surface area contributed by atoms with Gasteiger partial charge in [0, 0.05) is 25.2 Å². The van der Waals surface area contributed by atoms with E-state index in [4.69, 9.17) is 10.5 Å². The van der Waals surface area contributed by atoms with E-state index in [2.05, 4.69) is 5.32 Å². The van der Waals surface area contributed by atoms with Crippen molar-refractivity contribution in [3.8, 4) is 0 Å². The van der Waals surface area contributed by atoms with Gasteiger partial charge in [0.1, 0.15) is 6.61 Å². The minimum atomic E-state index is -0.293. The van der Waals surface area contributed by atoms with Gasteiger partial charge < -0.3 is 20.7 Å². The molecule has 1 aromatic rings. The first kappa shape index (κ1) is 14.3. The van der Waals surface area contributed by atoms with Crippen LogP contribution in [0.15, 0.2) is 24.3 Å². The number of nitrogens with two attached hydrogens (primary N) is 1. The molecule has 20 heavy (non-hydrogen) atoms. The molecule has 2 rings (SSSR count). The fourth-order valence-electron chi connectivity index (χ4n) is 2.09. The molecule has 2 amide bonds. The van der Waals surface area contributed by atoms with Crippen LogP contribution in [0.5, 0.6) is 0 Å². The van der Waals surface area contributed by atoms with E-state index in [1.54, 1.807) is 4.90 Å². The van der Waals surface area contributed by atoms with Crippen molar-refractivity contribution in [3.63, 3.8) is 0 Å². The van der Waals surface area contributed by atoms with Crippen molar-refractivity contribution < 1.29 is 14.3 Å². The minimum Gasteiger partial charge on any atom is -0.448 e. The Morgan fingerprint density at radius 1 is 1.40 bits per heavy atom. The molecule has 3 N–H and O–H groups in total. The lowest BCUT2D eigenvalue weighted by molar-refractivity contribution is -0.116. The van der Waals surface area contributed by atoms with Crippen molar-refractivity contribution in [2.24, 2.45) is 5.73 Å². The summed E-state index contributed by atoms with van der Waals surface area (Å²) in [4.78, 5) is 24.7. The number of carbonyl (C=O) groups excluding carboxylic acids is 2. The van der Waals surface area contributed by atoms with E-state index >= 15 is 0 Å². The topological polar surface area (TPSA) is 84.7 Å². The molecule has 1 saturated heterocycles. The molecule has 0 unspecified atom stereocenters. The Hall–Kier alpha value is -2.08. The molecule has 0 spiro atoms. The number of ether oxygens (including phenoxy) is 1. The second kappa shape index (κ2) is 6.91. The molecule has 1 fully saturated rings. The van der Waals surface area contributed by atoms with Crippen LogP contribution in [0.25, 0.3) is 0 Å². The molecule has 6 heteroatoms. The van der Waals surface area contributed by atoms with Crippen LogP contribution < -0.4 is 11.1 Å². The summed E-state index contributed by atoms with van der Waals surface area (Å²) in [5, 5.41) is 2.84. The summed E-state index contributed by atoms with van der Waals surface area (Å²) < 4.78 is 4.82. The van der Waals surface area contributed by atoms with E-state index < -0.39 is 0 Å². The van der Waals surface area contributed by atoms with Gasteiger partial charge in [-0.3, -0.25) is 4.79 Å². The van der Waals surface area contributed by atoms with Crippen LogP contribution in [0, 0.1) is 0 Å². The van der Waals surface area contributed by atoms with Crippen molar-refractivity contribution in [3.05, 3.63) is 29.8 Å². The summed E-state index contributed by atoms with van der Waals surface area (Å²) in [6, 6.07) is 7.46. The summed E-state index contributed by atoms with van der Waals surface area (Å²) in [6.45, 7) is 1.98. The smallest absolute Gasteiger partial charge is 0.409 e. The van der Waals surface area contributed by atoms with E-state index in [0.29, 0.717) is 39.1 Å². The number of para-hydroxylation sites is 1. The summed E-state index contributed by atoms with van der Waals surface area (Å²) in [5.74, 6) is -0.0709. The van der Waals surface area contributed by atoms with Gasteiger partial charge in [-0.25, -0.2) is 4.79 Å². The van der Waals surface area contributed by atoms with Crippen LogP contribution in [0.1, 0.15) is 18.4 Å². The molecule has 1 heterocycles. The maximum atomic E-state index is 11.8. The zero-order valence-corrected chi connectivity index (χ0v) is 11.3. The predicted molar refractivity (Wildman–Crippen MR) is 75.1 cm³/mol. The Kier molecular flexibility index (Phi) is 4.95. The zero-order valence-electron chi connectivity index (χ0n) is 11.3. The third kappa shape index (κ3) is 3.71. The van der Waals surface area contributed by atoms with Gasteiger partial charge in [-0.15, -0.1) is 0 Å². The fraction of sp³-hybridized carbons (Fsp3) is 0.429. The lowest BCUT2D eigenvalue weighted by atomic mass is 10.1. The number of rotatable bonds is 6. The average Bonchev–Trinajstić information content (AvgIpc) is 2.85. The van der Waals surface area contributed by atoms with Crippen molar-refractivity contribution in [1.82, 2.24) is 4.90 Å². The standard InChI is InChI=1S/C14H19N3O3/c15-10-11-4-1-2-5-12(11)16-13(18)6-3-7-17-8-9-20-14(17)19/h1-2,4-5H,3,6-10,15H2,(H,16,18). The van der Waals surface area contributed by atoms with Crippen LogP contribution in [0.3, 0.4) is 0 Å². The Morgan fingerprint density at radius 3 is 2.90 bits per heavy atom. The van der Waals surface area contributed by atoms with E-state index in [-0.39, 0.29) is 12.0 Å². The molecule has 0 aliphatic carbocycles. The van der Waals surface area contributed by atoms with Crippen LogP contribution in [0.4, 0.5) is 10.5 Å². The lowest BCUT2D eigenvalue weighted by Gasteiger charge is -2.12. The second-order valence-corrected chi connectivity index (χ2v) is 4.61. The van der Waals surface area contributed by atoms with E-state index in [1.807, 2.05) is 24.3 Å². The van der Waals surface area contributed by atoms with E-state index in [0.717, 1.165) is 11.3 Å². The third-order valence-electron chi connectivity index (χ3n) is 3.19. The van der Waals surface area contributed by atoms with Gasteiger partial charge in [0.2, 0.25) is 5.91 Å². The molecule has 6 nitrogen and oxygen atoms in total. The van der Waals surface area contributed by atoms with Crippen molar-refractivity contribution in [1.29, 1.82) is 0 Å². The number of nitrogens with one attached hydrogen (secondary N) is 1. The fourth-order valence-corrected chi connectivity index (χ4v) is 2.09. The van der Waals surface area contributed by atoms with Gasteiger partial charge in [0.25, 0.3) is 0 Å². The van der Waals surface area contributed by atoms with Crippen LogP contribution in [0.2, 0.25) is 0 Å². The molecule has 1 aliphatic rings. The highest BCUT2D eigenvalue weighted by Crippen LogP contribution is 2.14. The van der Waals surface area contributed by atoms with Crippen molar-refractivity contribution >= 4 is 17.7 Å². The Bertz CT molecular complexity index is 490. The van der Waals surface area contributed by atoms with Gasteiger partial charge >= 0.3 is 6.09 Å². The quantitative estimate of drug-likeness (QED) is 0.821. The number of amides is 2. The minimum absolute atomic E-state index is 0.0709. The molecule has 0 atom stereocenters. The van der Waals surface area contributed by atoms with Crippen LogP contribution >= 0.6 is 0 Å². The Balaban J connectivity index is 1.76. The van der Waals surface area contributed by atoms with Crippen LogP contribution in [-0.4, -0.2) is 36.6 Å². The van der Waals surface area contributed by atoms with Crippen molar-refractivity contribution in [2.45, 2.75) is 19.4 Å². The highest BCUT2D eigenvalue weighted by molar-refractivity contribution is 5.91. The maximum absolute atomic E-state index is 11.8. The number of carbonyl (C=O) groups is 2. The molecule has 1 aromatic carbocycles. The SMILES string of the molecule is NCc1ccccc1NC(=O)CCCN1CCOC1=O. The highest BCUT2D eigenvalue weighted by Gasteiger charge is 2.21. The number of hydrogen-bond donors (Lipinski definition) is 2. The molecular formula is C14H19N3O3. The van der Waals surface area contributed by atoms with Gasteiger partial charge in [-0.1, -0.05) is 18.2 Å². The Labute approximate surface area is 117 Å². The Morgan fingerprint density at radius 2 is 2.20 bits per heavy atom. The molecule has 0 radical (unpaired) electrons. The first-order valence-electron chi connectivity index (χ1n) is 6.70. The number of hydrogen-bond acceptors (Lipinski definition) is 4. The molecule has 0 bridgehead atoms. The summed E-state index contributed by atoms with van der Waals surface area (Å²) in [7, 11) is 0. The zero-order chi connectivity index (χ0) is 14.4. The highest BCUT2D eigenvalue weighted by atomic mass is 16.6. The maximum Gasteiger partial charge on any atom is 0.409 e. The van der Waals surface area contributed by atoms with Gasteiger partial charge in [0.15, 0.2) is 0 Å². The first-order valence-corrected chi connectivity index (χ1v) is 6.70. The number of cyclic esters (lactones) is 1.